The SMILES string of the molecule is O=C(c1ccccc1)[C@@H]1[C@@H]2C(=O)N(c3ccc([N+](=O)[O-])cc3)C(=O)[C@H]2[C@H]2c3ccccc3C=CN12. The Morgan fingerprint density at radius 3 is 2.20 bits per heavy atom. The van der Waals surface area contributed by atoms with Gasteiger partial charge >= 0.3 is 0 Å². The Labute approximate surface area is 200 Å². The molecule has 8 heteroatoms. The van der Waals surface area contributed by atoms with Crippen LogP contribution in [-0.2, 0) is 9.59 Å². The Morgan fingerprint density at radius 1 is 0.829 bits per heavy atom. The summed E-state index contributed by atoms with van der Waals surface area (Å²) in [6, 6.07) is 20.4. The van der Waals surface area contributed by atoms with Gasteiger partial charge in [-0.1, -0.05) is 54.6 Å². The molecule has 0 radical (unpaired) electrons. The summed E-state index contributed by atoms with van der Waals surface area (Å²) in [6.07, 6.45) is 3.72. The van der Waals surface area contributed by atoms with Crippen molar-refractivity contribution >= 4 is 35.0 Å². The van der Waals surface area contributed by atoms with E-state index in [4.69, 9.17) is 0 Å². The van der Waals surface area contributed by atoms with E-state index in [9.17, 15) is 24.5 Å². The first kappa shape index (κ1) is 21.0. The molecule has 6 rings (SSSR count). The van der Waals surface area contributed by atoms with Gasteiger partial charge in [-0.05, 0) is 29.3 Å². The summed E-state index contributed by atoms with van der Waals surface area (Å²) in [6.45, 7) is 0. The molecular weight excluding hydrogens is 446 g/mol. The summed E-state index contributed by atoms with van der Waals surface area (Å²) in [5, 5.41) is 11.1. The standard InChI is InChI=1S/C27H19N3O5/c31-25(17-7-2-1-3-8-17)24-22-21(23-20-9-5-4-6-16(20)14-15-28(23)24)26(32)29(27(22)33)18-10-12-19(13-11-18)30(34)35/h1-15,21-24H/t21-,22-,23-,24+/m1/s1. The molecule has 0 N–H and O–H groups in total. The average molecular weight is 465 g/mol. The molecule has 8 nitrogen and oxygen atoms in total. The molecule has 0 aliphatic carbocycles. The maximum absolute atomic E-state index is 13.8. The molecule has 3 aromatic rings. The lowest BCUT2D eigenvalue weighted by molar-refractivity contribution is -0.384. The third-order valence-corrected chi connectivity index (χ3v) is 7.11. The molecule has 2 amide bonds. The fourth-order valence-corrected chi connectivity index (χ4v) is 5.61. The van der Waals surface area contributed by atoms with Crippen LogP contribution in [0.1, 0.15) is 27.5 Å². The number of amides is 2. The minimum Gasteiger partial charge on any atom is -0.358 e. The number of ketones is 1. The first-order valence-corrected chi connectivity index (χ1v) is 11.2. The minimum absolute atomic E-state index is 0.136. The van der Waals surface area contributed by atoms with Crippen LogP contribution in [-0.4, -0.2) is 33.5 Å². The van der Waals surface area contributed by atoms with E-state index >= 15 is 0 Å². The van der Waals surface area contributed by atoms with E-state index in [-0.39, 0.29) is 17.2 Å². The minimum atomic E-state index is -0.883. The van der Waals surface area contributed by atoms with Crippen LogP contribution in [0, 0.1) is 22.0 Å². The number of imide groups is 1. The van der Waals surface area contributed by atoms with Crippen molar-refractivity contribution in [3.05, 3.63) is 112 Å². The van der Waals surface area contributed by atoms with E-state index in [0.717, 1.165) is 16.0 Å². The molecule has 3 heterocycles. The number of carbonyl (C=O) groups excluding carboxylic acids is 3. The van der Waals surface area contributed by atoms with E-state index in [1.165, 1.54) is 24.3 Å². The van der Waals surface area contributed by atoms with Crippen molar-refractivity contribution in [3.63, 3.8) is 0 Å². The van der Waals surface area contributed by atoms with Crippen molar-refractivity contribution in [3.8, 4) is 0 Å². The van der Waals surface area contributed by atoms with Crippen molar-refractivity contribution in [2.75, 3.05) is 4.90 Å². The molecule has 2 saturated heterocycles. The molecule has 35 heavy (non-hydrogen) atoms. The number of nitrogens with zero attached hydrogens (tertiary/aromatic N) is 3. The van der Waals surface area contributed by atoms with Gasteiger partial charge in [-0.15, -0.1) is 0 Å². The number of Topliss-reactive ketones (excluding diaryl/α,β-unsaturated/α-hetero) is 1. The highest BCUT2D eigenvalue weighted by atomic mass is 16.6. The van der Waals surface area contributed by atoms with Crippen LogP contribution in [0.25, 0.3) is 6.08 Å². The molecule has 0 unspecified atom stereocenters. The third-order valence-electron chi connectivity index (χ3n) is 7.11. The van der Waals surface area contributed by atoms with Crippen LogP contribution in [0.4, 0.5) is 11.4 Å². The lowest BCUT2D eigenvalue weighted by Crippen LogP contribution is -2.44. The van der Waals surface area contributed by atoms with Gasteiger partial charge in [0.15, 0.2) is 5.78 Å². The predicted molar refractivity (Wildman–Crippen MR) is 127 cm³/mol. The third kappa shape index (κ3) is 3.03. The molecule has 0 aromatic heterocycles. The molecule has 4 atom stereocenters. The van der Waals surface area contributed by atoms with Gasteiger partial charge in [0.05, 0.1) is 28.5 Å². The van der Waals surface area contributed by atoms with Gasteiger partial charge in [-0.3, -0.25) is 24.5 Å². The highest BCUT2D eigenvalue weighted by molar-refractivity contribution is 6.24. The van der Waals surface area contributed by atoms with Crippen LogP contribution in [0.15, 0.2) is 85.1 Å². The van der Waals surface area contributed by atoms with E-state index < -0.39 is 40.7 Å². The zero-order valence-electron chi connectivity index (χ0n) is 18.4. The van der Waals surface area contributed by atoms with Gasteiger partial charge in [-0.25, -0.2) is 4.90 Å². The number of fused-ring (bicyclic) bond motifs is 5. The Balaban J connectivity index is 1.47. The number of nitro groups is 1. The lowest BCUT2D eigenvalue weighted by Gasteiger charge is -2.35. The number of anilines is 1. The molecule has 0 bridgehead atoms. The summed E-state index contributed by atoms with van der Waals surface area (Å²) in [7, 11) is 0. The maximum Gasteiger partial charge on any atom is 0.269 e. The van der Waals surface area contributed by atoms with E-state index in [1.54, 1.807) is 24.3 Å². The normalized spacial score (nSPS) is 24.2. The summed E-state index contributed by atoms with van der Waals surface area (Å²) >= 11 is 0. The number of carbonyl (C=O) groups is 3. The first-order chi connectivity index (χ1) is 17.0. The van der Waals surface area contributed by atoms with Crippen LogP contribution < -0.4 is 4.90 Å². The van der Waals surface area contributed by atoms with E-state index in [1.807, 2.05) is 47.5 Å². The lowest BCUT2D eigenvalue weighted by atomic mass is 9.83. The monoisotopic (exact) mass is 465 g/mol. The van der Waals surface area contributed by atoms with Gasteiger partial charge in [0, 0.05) is 23.9 Å². The maximum atomic E-state index is 13.8. The highest BCUT2D eigenvalue weighted by Crippen LogP contribution is 2.53. The smallest absolute Gasteiger partial charge is 0.269 e. The molecule has 3 aliphatic rings. The summed E-state index contributed by atoms with van der Waals surface area (Å²) in [5.74, 6) is -2.74. The zero-order valence-corrected chi connectivity index (χ0v) is 18.4. The van der Waals surface area contributed by atoms with Crippen molar-refractivity contribution in [2.45, 2.75) is 12.1 Å². The Bertz CT molecular complexity index is 1420. The Kier molecular flexibility index (Phi) is 4.63. The fourth-order valence-electron chi connectivity index (χ4n) is 5.61. The largest absolute Gasteiger partial charge is 0.358 e. The van der Waals surface area contributed by atoms with Crippen molar-refractivity contribution < 1.29 is 19.3 Å². The van der Waals surface area contributed by atoms with Crippen LogP contribution in [0.3, 0.4) is 0 Å². The Hall–Kier alpha value is -4.59. The number of nitro benzene ring substituents is 1. The number of benzene rings is 3. The van der Waals surface area contributed by atoms with Crippen LogP contribution in [0.5, 0.6) is 0 Å². The van der Waals surface area contributed by atoms with Crippen molar-refractivity contribution in [1.82, 2.24) is 4.90 Å². The number of non-ortho nitro benzene ring substituents is 1. The fraction of sp³-hybridized carbons (Fsp3) is 0.148. The van der Waals surface area contributed by atoms with Crippen LogP contribution >= 0.6 is 0 Å². The summed E-state index contributed by atoms with van der Waals surface area (Å²) in [5.41, 5.74) is 2.42. The predicted octanol–water partition coefficient (Wildman–Crippen LogP) is 3.99. The first-order valence-electron chi connectivity index (χ1n) is 11.2. The van der Waals surface area contributed by atoms with Gasteiger partial charge in [0.25, 0.3) is 5.69 Å². The molecule has 172 valence electrons. The zero-order chi connectivity index (χ0) is 24.3. The molecule has 0 saturated carbocycles. The number of hydrogen-bond donors (Lipinski definition) is 0. The molecule has 3 aliphatic heterocycles. The van der Waals surface area contributed by atoms with Gasteiger partial charge in [0.2, 0.25) is 11.8 Å². The van der Waals surface area contributed by atoms with Crippen LogP contribution in [0.2, 0.25) is 0 Å². The number of hydrogen-bond acceptors (Lipinski definition) is 6. The molecule has 0 spiro atoms. The second-order valence-electron chi connectivity index (χ2n) is 8.85. The summed E-state index contributed by atoms with van der Waals surface area (Å²) < 4.78 is 0. The van der Waals surface area contributed by atoms with E-state index in [2.05, 4.69) is 0 Å². The summed E-state index contributed by atoms with van der Waals surface area (Å²) in [4.78, 5) is 54.8. The molecular formula is C27H19N3O5. The quantitative estimate of drug-likeness (QED) is 0.250. The van der Waals surface area contributed by atoms with Crippen molar-refractivity contribution in [2.24, 2.45) is 11.8 Å². The topological polar surface area (TPSA) is 101 Å². The van der Waals surface area contributed by atoms with Gasteiger partial charge in [-0.2, -0.15) is 0 Å². The average Bonchev–Trinajstić information content (AvgIpc) is 3.36. The molecule has 2 fully saturated rings. The van der Waals surface area contributed by atoms with Crippen molar-refractivity contribution in [1.29, 1.82) is 0 Å². The molecule has 3 aromatic carbocycles. The second-order valence-corrected chi connectivity index (χ2v) is 8.85. The van der Waals surface area contributed by atoms with E-state index in [0.29, 0.717) is 5.56 Å². The van der Waals surface area contributed by atoms with Gasteiger partial charge < -0.3 is 4.90 Å². The highest BCUT2D eigenvalue weighted by Gasteiger charge is 2.64. The second kappa shape index (κ2) is 7.73. The number of rotatable bonds is 4. The Morgan fingerprint density at radius 2 is 1.49 bits per heavy atom. The van der Waals surface area contributed by atoms with Gasteiger partial charge in [0.1, 0.15) is 6.04 Å².